The van der Waals surface area contributed by atoms with Gasteiger partial charge in [-0.2, -0.15) is 0 Å². The van der Waals surface area contributed by atoms with Crippen LogP contribution in [0.2, 0.25) is 10.0 Å². The van der Waals surface area contributed by atoms with Crippen molar-refractivity contribution in [1.29, 1.82) is 0 Å². The zero-order valence-electron chi connectivity index (χ0n) is 12.7. The van der Waals surface area contributed by atoms with Crippen molar-refractivity contribution in [2.24, 2.45) is 22.7 Å². The third kappa shape index (κ3) is 2.21. The number of hydrogen-bond donors (Lipinski definition) is 0. The molecule has 2 aliphatic rings. The highest BCUT2D eigenvalue weighted by atomic mass is 35.5. The average Bonchev–Trinajstić information content (AvgIpc) is 2.92. The molecule has 0 spiro atoms. The van der Waals surface area contributed by atoms with E-state index in [1.54, 1.807) is 0 Å². The van der Waals surface area contributed by atoms with Crippen LogP contribution < -0.4 is 0 Å². The van der Waals surface area contributed by atoms with Gasteiger partial charge >= 0.3 is 5.97 Å². The van der Waals surface area contributed by atoms with Gasteiger partial charge in [-0.15, -0.1) is 0 Å². The lowest BCUT2D eigenvalue weighted by Crippen LogP contribution is -2.24. The molecule has 3 nitrogen and oxygen atoms in total. The fourth-order valence-electron chi connectivity index (χ4n) is 3.67. The molecule has 1 aromatic heterocycles. The fraction of sp³-hybridized carbons (Fsp3) is 0.529. The van der Waals surface area contributed by atoms with Crippen LogP contribution in [0.25, 0.3) is 0 Å². The van der Waals surface area contributed by atoms with E-state index in [0.717, 1.165) is 6.42 Å². The highest BCUT2D eigenvalue weighted by molar-refractivity contribution is 6.39. The molecule has 5 heteroatoms. The van der Waals surface area contributed by atoms with Crippen LogP contribution in [0, 0.1) is 34.5 Å². The summed E-state index contributed by atoms with van der Waals surface area (Å²) in [5.41, 5.74) is 0.190. The van der Waals surface area contributed by atoms with Gasteiger partial charge in [0, 0.05) is 29.6 Å². The summed E-state index contributed by atoms with van der Waals surface area (Å²) in [7, 11) is 0. The minimum Gasteiger partial charge on any atom is -0.461 e. The lowest BCUT2D eigenvalue weighted by atomic mass is 9.85. The van der Waals surface area contributed by atoms with Crippen molar-refractivity contribution >= 4 is 29.2 Å². The number of aromatic nitrogens is 1. The fourth-order valence-corrected chi connectivity index (χ4v) is 4.19. The predicted octanol–water partition coefficient (Wildman–Crippen LogP) is 4.23. The first-order valence-electron chi connectivity index (χ1n) is 7.27. The quantitative estimate of drug-likeness (QED) is 0.612. The molecule has 0 amide bonds. The molecule has 1 aromatic rings. The molecule has 3 rings (SSSR count). The highest BCUT2D eigenvalue weighted by Crippen LogP contribution is 2.72. The standard InChI is InChI=1S/C17H17Cl2NO2/c1-10-4-5-13-16(2,3)17(13,6-10)9-22-15(21)14-11(18)7-20-8-12(14)19/h7-8,10,13H,6,9H2,1-3H3. The molecule has 2 aliphatic carbocycles. The Hall–Kier alpha value is -1.24. The third-order valence-electron chi connectivity index (χ3n) is 5.14. The number of nitrogens with zero attached hydrogens (tertiary/aromatic N) is 1. The van der Waals surface area contributed by atoms with Crippen molar-refractivity contribution in [3.8, 4) is 11.8 Å². The van der Waals surface area contributed by atoms with Crippen molar-refractivity contribution in [3.05, 3.63) is 28.0 Å². The first kappa shape index (κ1) is 15.6. The highest BCUT2D eigenvalue weighted by Gasteiger charge is 2.71. The summed E-state index contributed by atoms with van der Waals surface area (Å²) >= 11 is 12.0. The molecule has 0 aliphatic heterocycles. The first-order valence-corrected chi connectivity index (χ1v) is 8.02. The Morgan fingerprint density at radius 2 is 2.00 bits per heavy atom. The lowest BCUT2D eigenvalue weighted by Gasteiger charge is -2.23. The van der Waals surface area contributed by atoms with Crippen molar-refractivity contribution in [2.75, 3.05) is 6.61 Å². The maximum atomic E-state index is 12.3. The normalized spacial score (nSPS) is 30.8. The van der Waals surface area contributed by atoms with E-state index in [4.69, 9.17) is 27.9 Å². The van der Waals surface area contributed by atoms with Crippen LogP contribution in [-0.2, 0) is 4.74 Å². The monoisotopic (exact) mass is 337 g/mol. The van der Waals surface area contributed by atoms with Crippen molar-refractivity contribution in [2.45, 2.75) is 27.2 Å². The van der Waals surface area contributed by atoms with Crippen LogP contribution in [0.5, 0.6) is 0 Å². The molecule has 0 N–H and O–H groups in total. The van der Waals surface area contributed by atoms with E-state index >= 15 is 0 Å². The van der Waals surface area contributed by atoms with E-state index in [9.17, 15) is 4.79 Å². The predicted molar refractivity (Wildman–Crippen MR) is 85.8 cm³/mol. The Morgan fingerprint density at radius 1 is 1.36 bits per heavy atom. The number of carbonyl (C=O) groups excluding carboxylic acids is 1. The van der Waals surface area contributed by atoms with Gasteiger partial charge in [-0.1, -0.05) is 55.8 Å². The maximum Gasteiger partial charge on any atom is 0.341 e. The van der Waals surface area contributed by atoms with Gasteiger partial charge in [-0.05, 0) is 11.8 Å². The minimum absolute atomic E-state index is 0.0562. The second kappa shape index (κ2) is 5.15. The van der Waals surface area contributed by atoms with Gasteiger partial charge < -0.3 is 4.74 Å². The van der Waals surface area contributed by atoms with Crippen LogP contribution in [0.1, 0.15) is 37.6 Å². The van der Waals surface area contributed by atoms with Crippen LogP contribution >= 0.6 is 23.2 Å². The van der Waals surface area contributed by atoms with Gasteiger partial charge in [0.15, 0.2) is 0 Å². The largest absolute Gasteiger partial charge is 0.461 e. The van der Waals surface area contributed by atoms with Crippen molar-refractivity contribution in [3.63, 3.8) is 0 Å². The van der Waals surface area contributed by atoms with Crippen LogP contribution in [-0.4, -0.2) is 17.6 Å². The number of ether oxygens (including phenoxy) is 1. The molecule has 3 atom stereocenters. The molecule has 3 unspecified atom stereocenters. The topological polar surface area (TPSA) is 39.2 Å². The van der Waals surface area contributed by atoms with Gasteiger partial charge in [-0.3, -0.25) is 4.98 Å². The minimum atomic E-state index is -0.501. The zero-order chi connectivity index (χ0) is 16.1. The molecule has 1 fully saturated rings. The molecule has 0 saturated heterocycles. The Kier molecular flexibility index (Phi) is 3.66. The molecule has 1 saturated carbocycles. The summed E-state index contributed by atoms with van der Waals surface area (Å²) in [6.45, 7) is 6.82. The number of rotatable bonds is 3. The summed E-state index contributed by atoms with van der Waals surface area (Å²) in [5, 5.41) is 0.414. The third-order valence-corrected chi connectivity index (χ3v) is 5.71. The summed E-state index contributed by atoms with van der Waals surface area (Å²) in [5.74, 6) is 6.68. The Balaban J connectivity index is 1.76. The Morgan fingerprint density at radius 3 is 2.64 bits per heavy atom. The first-order chi connectivity index (χ1) is 10.3. The van der Waals surface area contributed by atoms with E-state index < -0.39 is 5.97 Å². The van der Waals surface area contributed by atoms with E-state index in [1.807, 2.05) is 0 Å². The molecular formula is C17H17Cl2NO2. The Bertz CT molecular complexity index is 684. The second-order valence-electron chi connectivity index (χ2n) is 6.76. The molecule has 1 heterocycles. The van der Waals surface area contributed by atoms with Crippen LogP contribution in [0.3, 0.4) is 0 Å². The number of esters is 1. The molecule has 22 heavy (non-hydrogen) atoms. The SMILES string of the molecule is CC1C#CC2C(C)(C)C2(COC(=O)c2c(Cl)cncc2Cl)C1. The van der Waals surface area contributed by atoms with Gasteiger partial charge in [0.1, 0.15) is 0 Å². The van der Waals surface area contributed by atoms with Gasteiger partial charge in [-0.25, -0.2) is 4.79 Å². The maximum absolute atomic E-state index is 12.3. The smallest absolute Gasteiger partial charge is 0.341 e. The summed E-state index contributed by atoms with van der Waals surface area (Å²) in [6.07, 6.45) is 3.73. The van der Waals surface area contributed by atoms with E-state index in [1.165, 1.54) is 12.4 Å². The lowest BCUT2D eigenvalue weighted by molar-refractivity contribution is 0.0353. The van der Waals surface area contributed by atoms with Gasteiger partial charge in [0.05, 0.1) is 22.2 Å². The van der Waals surface area contributed by atoms with E-state index in [0.29, 0.717) is 12.5 Å². The zero-order valence-corrected chi connectivity index (χ0v) is 14.3. The number of hydrogen-bond acceptors (Lipinski definition) is 3. The molecule has 0 bridgehead atoms. The molecular weight excluding hydrogens is 321 g/mol. The van der Waals surface area contributed by atoms with Crippen LogP contribution in [0.15, 0.2) is 12.4 Å². The molecule has 116 valence electrons. The van der Waals surface area contributed by atoms with Gasteiger partial charge in [0.25, 0.3) is 0 Å². The van der Waals surface area contributed by atoms with Crippen LogP contribution in [0.4, 0.5) is 0 Å². The number of carbonyl (C=O) groups is 1. The summed E-state index contributed by atoms with van der Waals surface area (Å²) in [6, 6.07) is 0. The number of pyridine rings is 1. The molecule has 0 aromatic carbocycles. The van der Waals surface area contributed by atoms with Crippen molar-refractivity contribution in [1.82, 2.24) is 4.98 Å². The number of fused-ring (bicyclic) bond motifs is 1. The van der Waals surface area contributed by atoms with E-state index in [2.05, 4.69) is 37.6 Å². The van der Waals surface area contributed by atoms with Crippen molar-refractivity contribution < 1.29 is 9.53 Å². The Labute approximate surface area is 140 Å². The summed E-state index contributed by atoms with van der Waals surface area (Å²) in [4.78, 5) is 16.2. The number of halogens is 2. The summed E-state index contributed by atoms with van der Waals surface area (Å²) < 4.78 is 5.55. The molecule has 0 radical (unpaired) electrons. The van der Waals surface area contributed by atoms with E-state index in [-0.39, 0.29) is 32.4 Å². The van der Waals surface area contributed by atoms with Gasteiger partial charge in [0.2, 0.25) is 0 Å². The second-order valence-corrected chi connectivity index (χ2v) is 7.57. The average molecular weight is 338 g/mol.